The summed E-state index contributed by atoms with van der Waals surface area (Å²) in [7, 11) is -4.08. The second kappa shape index (κ2) is 3.11. The van der Waals surface area contributed by atoms with Crippen LogP contribution in [-0.4, -0.2) is 65.2 Å². The predicted molar refractivity (Wildman–Crippen MR) is 38.0 cm³/mol. The first-order valence-electron chi connectivity index (χ1n) is 2.07. The molecule has 5 heteroatoms. The number of hydrogen-bond donors (Lipinski definition) is 3. The van der Waals surface area contributed by atoms with E-state index in [1.807, 2.05) is 0 Å². The molecule has 0 saturated heterocycles. The van der Waals surface area contributed by atoms with Gasteiger partial charge in [0, 0.05) is 0 Å². The van der Waals surface area contributed by atoms with Crippen molar-refractivity contribution in [3.8, 4) is 0 Å². The van der Waals surface area contributed by atoms with Gasteiger partial charge in [-0.3, -0.25) is 0 Å². The SMILES string of the molecule is CCP(C)(O)(O)O.[Ca+2].[H-].[H-]. The van der Waals surface area contributed by atoms with Crippen LogP contribution in [0.25, 0.3) is 0 Å². The zero-order valence-electron chi connectivity index (χ0n) is 7.20. The van der Waals surface area contributed by atoms with Crippen molar-refractivity contribution >= 4 is 45.0 Å². The van der Waals surface area contributed by atoms with Gasteiger partial charge in [0.2, 0.25) is 0 Å². The molecule has 0 unspecified atom stereocenters. The third-order valence-electron chi connectivity index (χ3n) is 0.740. The Morgan fingerprint density at radius 2 is 1.50 bits per heavy atom. The fourth-order valence-electron chi connectivity index (χ4n) is 0. The fourth-order valence-corrected chi connectivity index (χ4v) is 0. The summed E-state index contributed by atoms with van der Waals surface area (Å²) >= 11 is 0. The molecule has 0 heterocycles. The van der Waals surface area contributed by atoms with Crippen molar-refractivity contribution in [2.45, 2.75) is 6.92 Å². The molecule has 3 N–H and O–H groups in total. The molecule has 0 radical (unpaired) electrons. The summed E-state index contributed by atoms with van der Waals surface area (Å²) in [6, 6.07) is 0. The molecule has 0 aromatic rings. The molecule has 0 spiro atoms. The van der Waals surface area contributed by atoms with Gasteiger partial charge >= 0.3 is 79.5 Å². The van der Waals surface area contributed by atoms with Gasteiger partial charge in [-0.25, -0.2) is 0 Å². The largest absolute Gasteiger partial charge is 2.00 e. The van der Waals surface area contributed by atoms with Gasteiger partial charge < -0.3 is 2.85 Å². The van der Waals surface area contributed by atoms with Crippen molar-refractivity contribution in [3.05, 3.63) is 0 Å². The molecule has 0 fully saturated rings. The van der Waals surface area contributed by atoms with Crippen LogP contribution in [0.4, 0.5) is 0 Å². The Balaban J connectivity index is -0.0000000600. The van der Waals surface area contributed by atoms with E-state index >= 15 is 0 Å². The van der Waals surface area contributed by atoms with E-state index < -0.39 is 7.28 Å². The van der Waals surface area contributed by atoms with Gasteiger partial charge in [0.05, 0.1) is 0 Å². The molecule has 0 aliphatic heterocycles. The summed E-state index contributed by atoms with van der Waals surface area (Å²) in [5.74, 6) is 0. The van der Waals surface area contributed by atoms with Gasteiger partial charge in [0.15, 0.2) is 0 Å². The Labute approximate surface area is 81.9 Å². The van der Waals surface area contributed by atoms with Crippen LogP contribution in [0.15, 0.2) is 0 Å². The molecule has 0 rings (SSSR count). The Hall–Kier alpha value is 1.57. The Kier molecular flexibility index (Phi) is 4.76. The minimum Gasteiger partial charge on any atom is -1.00 e. The van der Waals surface area contributed by atoms with E-state index in [1.165, 1.54) is 6.92 Å². The molecule has 0 atom stereocenters. The first-order chi connectivity index (χ1) is 2.81. The van der Waals surface area contributed by atoms with Gasteiger partial charge in [-0.05, 0) is 0 Å². The van der Waals surface area contributed by atoms with Crippen LogP contribution in [0.2, 0.25) is 0 Å². The molecule has 0 aliphatic rings. The smallest absolute Gasteiger partial charge is 1.00 e. The average molecular weight is 168 g/mol. The summed E-state index contributed by atoms with van der Waals surface area (Å²) in [5.41, 5.74) is 0. The summed E-state index contributed by atoms with van der Waals surface area (Å²) in [6.45, 7) is 2.59. The first kappa shape index (κ1) is 12.3. The van der Waals surface area contributed by atoms with Crippen LogP contribution < -0.4 is 0 Å². The van der Waals surface area contributed by atoms with Gasteiger partial charge in [-0.2, -0.15) is 0 Å². The van der Waals surface area contributed by atoms with E-state index in [1.54, 1.807) is 0 Å². The zero-order valence-corrected chi connectivity index (χ0v) is 8.31. The van der Waals surface area contributed by atoms with Gasteiger partial charge in [0.25, 0.3) is 0 Å². The van der Waals surface area contributed by atoms with Gasteiger partial charge in [0.1, 0.15) is 0 Å². The molecule has 0 saturated carbocycles. The molecule has 8 heavy (non-hydrogen) atoms. The molecule has 50 valence electrons. The third-order valence-corrected chi connectivity index (χ3v) is 2.22. The molecule has 0 aliphatic carbocycles. The van der Waals surface area contributed by atoms with E-state index in [2.05, 4.69) is 0 Å². The number of hydrogen-bond acceptors (Lipinski definition) is 3. The summed E-state index contributed by atoms with van der Waals surface area (Å²) < 4.78 is 0. The molecular formula is C3H13CaO3P. The quantitative estimate of drug-likeness (QED) is 0.374. The van der Waals surface area contributed by atoms with Crippen molar-refractivity contribution in [2.24, 2.45) is 0 Å². The Morgan fingerprint density at radius 1 is 1.38 bits per heavy atom. The Morgan fingerprint density at radius 3 is 1.50 bits per heavy atom. The van der Waals surface area contributed by atoms with Crippen LogP contribution in [0.1, 0.15) is 9.78 Å². The number of rotatable bonds is 1. The van der Waals surface area contributed by atoms with Crippen molar-refractivity contribution in [1.82, 2.24) is 0 Å². The summed E-state index contributed by atoms with van der Waals surface area (Å²) in [6.07, 6.45) is 0.0333. The fraction of sp³-hybridized carbons (Fsp3) is 1.00. The second-order valence-corrected chi connectivity index (χ2v) is 5.78. The monoisotopic (exact) mass is 168 g/mol. The van der Waals surface area contributed by atoms with Crippen molar-refractivity contribution < 1.29 is 17.5 Å². The van der Waals surface area contributed by atoms with Crippen LogP contribution >= 0.6 is 7.28 Å². The summed E-state index contributed by atoms with van der Waals surface area (Å²) in [5, 5.41) is 0. The third kappa shape index (κ3) is 10.5. The molecule has 3 nitrogen and oxygen atoms in total. The Bertz CT molecular complexity index is 74.3. The molecule has 0 bridgehead atoms. The zero-order chi connectivity index (χ0) is 6.15. The van der Waals surface area contributed by atoms with Crippen LogP contribution in [0.5, 0.6) is 0 Å². The van der Waals surface area contributed by atoms with Crippen LogP contribution in [-0.2, 0) is 0 Å². The molecular weight excluding hydrogens is 155 g/mol. The van der Waals surface area contributed by atoms with E-state index in [9.17, 15) is 0 Å². The molecule has 0 amide bonds. The summed E-state index contributed by atoms with van der Waals surface area (Å²) in [4.78, 5) is 25.6. The van der Waals surface area contributed by atoms with Crippen LogP contribution in [0.3, 0.4) is 0 Å². The van der Waals surface area contributed by atoms with E-state index in [4.69, 9.17) is 14.7 Å². The normalized spacial score (nSPS) is 15.9. The molecule has 0 aromatic heterocycles. The molecule has 0 aromatic carbocycles. The standard InChI is InChI=1S/C3H11O3P.Ca.2H/c1-3-7(2,4,5)6;;;/h4-6H,3H2,1-2H3;;;/q;+2;2*-1. The topological polar surface area (TPSA) is 60.7 Å². The predicted octanol–water partition coefficient (Wildman–Crippen LogP) is -0.244. The van der Waals surface area contributed by atoms with Gasteiger partial charge in [-0.1, -0.05) is 0 Å². The van der Waals surface area contributed by atoms with E-state index in [-0.39, 0.29) is 46.8 Å². The van der Waals surface area contributed by atoms with E-state index in [0.717, 1.165) is 6.66 Å². The minimum atomic E-state index is -4.08. The van der Waals surface area contributed by atoms with E-state index in [0.29, 0.717) is 0 Å². The van der Waals surface area contributed by atoms with Crippen molar-refractivity contribution in [2.75, 3.05) is 12.8 Å². The maximum Gasteiger partial charge on any atom is 2.00 e. The second-order valence-electron chi connectivity index (χ2n) is 1.93. The average Bonchev–Trinajstić information content (AvgIpc) is 1.32. The maximum atomic E-state index is 8.53. The first-order valence-corrected chi connectivity index (χ1v) is 4.80. The maximum absolute atomic E-state index is 8.53. The minimum absolute atomic E-state index is 0. The van der Waals surface area contributed by atoms with Crippen LogP contribution in [0, 0.1) is 0 Å². The van der Waals surface area contributed by atoms with Crippen molar-refractivity contribution in [3.63, 3.8) is 0 Å². The van der Waals surface area contributed by atoms with Gasteiger partial charge in [-0.15, -0.1) is 0 Å². The van der Waals surface area contributed by atoms with Crippen molar-refractivity contribution in [1.29, 1.82) is 0 Å².